The summed E-state index contributed by atoms with van der Waals surface area (Å²) >= 11 is 0. The van der Waals surface area contributed by atoms with Crippen molar-refractivity contribution in [2.24, 2.45) is 0 Å². The van der Waals surface area contributed by atoms with Gasteiger partial charge < -0.3 is 15.2 Å². The molecular formula is C14H29NO2. The Bertz CT molecular complexity index is 193. The summed E-state index contributed by atoms with van der Waals surface area (Å²) in [6.45, 7) is 7.11. The van der Waals surface area contributed by atoms with Crippen LogP contribution in [0.4, 0.5) is 0 Å². The van der Waals surface area contributed by atoms with Crippen molar-refractivity contribution in [3.63, 3.8) is 0 Å². The predicted molar refractivity (Wildman–Crippen MR) is 71.2 cm³/mol. The van der Waals surface area contributed by atoms with E-state index in [0.717, 1.165) is 0 Å². The zero-order chi connectivity index (χ0) is 12.7. The molecule has 1 saturated carbocycles. The van der Waals surface area contributed by atoms with Crippen molar-refractivity contribution < 1.29 is 9.84 Å². The van der Waals surface area contributed by atoms with Gasteiger partial charge in [0.1, 0.15) is 0 Å². The van der Waals surface area contributed by atoms with Crippen LogP contribution >= 0.6 is 0 Å². The molecule has 1 atom stereocenters. The lowest BCUT2D eigenvalue weighted by Crippen LogP contribution is -2.38. The number of hydrogen-bond acceptors (Lipinski definition) is 3. The van der Waals surface area contributed by atoms with E-state index < -0.39 is 6.10 Å². The lowest BCUT2D eigenvalue weighted by molar-refractivity contribution is -0.0484. The molecule has 0 heterocycles. The normalized spacial score (nSPS) is 21.2. The van der Waals surface area contributed by atoms with E-state index >= 15 is 0 Å². The topological polar surface area (TPSA) is 41.5 Å². The van der Waals surface area contributed by atoms with Crippen LogP contribution in [0.5, 0.6) is 0 Å². The number of nitrogens with one attached hydrogen (secondary N) is 1. The summed E-state index contributed by atoms with van der Waals surface area (Å²) in [5, 5.41) is 13.3. The fourth-order valence-electron chi connectivity index (χ4n) is 2.19. The Labute approximate surface area is 106 Å². The van der Waals surface area contributed by atoms with Crippen LogP contribution in [0.2, 0.25) is 0 Å². The van der Waals surface area contributed by atoms with Gasteiger partial charge in [0.05, 0.1) is 18.3 Å². The minimum Gasteiger partial charge on any atom is -0.389 e. The van der Waals surface area contributed by atoms with Gasteiger partial charge in [0.15, 0.2) is 0 Å². The van der Waals surface area contributed by atoms with Crippen LogP contribution < -0.4 is 5.32 Å². The first-order valence-electron chi connectivity index (χ1n) is 7.03. The lowest BCUT2D eigenvalue weighted by atomic mass is 10.1. The Kier molecular flexibility index (Phi) is 6.45. The molecule has 3 heteroatoms. The smallest absolute Gasteiger partial charge is 0.0898 e. The summed E-state index contributed by atoms with van der Waals surface area (Å²) < 4.78 is 5.57. The SMILES string of the molecule is CC(C)(C)OCC(O)CNC1CCCCCC1. The van der Waals surface area contributed by atoms with Crippen LogP contribution in [0.3, 0.4) is 0 Å². The third kappa shape index (κ3) is 7.74. The second-order valence-corrected chi connectivity index (χ2v) is 6.17. The predicted octanol–water partition coefficient (Wildman–Crippen LogP) is 2.47. The zero-order valence-electron chi connectivity index (χ0n) is 11.7. The number of aliphatic hydroxyl groups is 1. The Morgan fingerprint density at radius 3 is 2.29 bits per heavy atom. The Balaban J connectivity index is 2.11. The van der Waals surface area contributed by atoms with Gasteiger partial charge in [-0.2, -0.15) is 0 Å². The van der Waals surface area contributed by atoms with E-state index in [9.17, 15) is 5.11 Å². The van der Waals surface area contributed by atoms with Gasteiger partial charge >= 0.3 is 0 Å². The Hall–Kier alpha value is -0.120. The molecule has 102 valence electrons. The largest absolute Gasteiger partial charge is 0.389 e. The maximum atomic E-state index is 9.83. The minimum absolute atomic E-state index is 0.163. The number of hydrogen-bond donors (Lipinski definition) is 2. The molecule has 0 bridgehead atoms. The van der Waals surface area contributed by atoms with Crippen LogP contribution in [0, 0.1) is 0 Å². The van der Waals surface area contributed by atoms with Crippen LogP contribution in [-0.2, 0) is 4.74 Å². The highest BCUT2D eigenvalue weighted by Crippen LogP contribution is 2.17. The molecule has 0 aromatic heterocycles. The highest BCUT2D eigenvalue weighted by molar-refractivity contribution is 4.73. The fourth-order valence-corrected chi connectivity index (χ4v) is 2.19. The van der Waals surface area contributed by atoms with Crippen molar-refractivity contribution in [3.8, 4) is 0 Å². The molecule has 0 spiro atoms. The summed E-state index contributed by atoms with van der Waals surface area (Å²) in [5.74, 6) is 0. The molecule has 1 fully saturated rings. The van der Waals surface area contributed by atoms with Gasteiger partial charge in [-0.25, -0.2) is 0 Å². The van der Waals surface area contributed by atoms with Crippen molar-refractivity contribution in [1.29, 1.82) is 0 Å². The van der Waals surface area contributed by atoms with Crippen molar-refractivity contribution in [2.45, 2.75) is 77.0 Å². The Morgan fingerprint density at radius 1 is 1.18 bits per heavy atom. The molecule has 1 aliphatic rings. The molecule has 1 unspecified atom stereocenters. The van der Waals surface area contributed by atoms with E-state index in [1.165, 1.54) is 38.5 Å². The molecule has 2 N–H and O–H groups in total. The van der Waals surface area contributed by atoms with E-state index in [-0.39, 0.29) is 5.60 Å². The summed E-state index contributed by atoms with van der Waals surface area (Å²) in [7, 11) is 0. The molecule has 0 aromatic rings. The first-order chi connectivity index (χ1) is 7.97. The van der Waals surface area contributed by atoms with E-state index in [2.05, 4.69) is 5.32 Å². The van der Waals surface area contributed by atoms with E-state index in [4.69, 9.17) is 4.74 Å². The van der Waals surface area contributed by atoms with Crippen molar-refractivity contribution in [1.82, 2.24) is 5.32 Å². The van der Waals surface area contributed by atoms with Crippen LogP contribution in [-0.4, -0.2) is 36.0 Å². The van der Waals surface area contributed by atoms with Crippen molar-refractivity contribution in [3.05, 3.63) is 0 Å². The van der Waals surface area contributed by atoms with Gasteiger partial charge in [-0.15, -0.1) is 0 Å². The fraction of sp³-hybridized carbons (Fsp3) is 1.00. The number of ether oxygens (including phenoxy) is 1. The van der Waals surface area contributed by atoms with Gasteiger partial charge in [-0.1, -0.05) is 25.7 Å². The molecule has 1 rings (SSSR count). The standard InChI is InChI=1S/C14H29NO2/c1-14(2,3)17-11-13(16)10-15-12-8-6-4-5-7-9-12/h12-13,15-16H,4-11H2,1-3H3. The van der Waals surface area contributed by atoms with Gasteiger partial charge in [0.25, 0.3) is 0 Å². The molecule has 1 aliphatic carbocycles. The van der Waals surface area contributed by atoms with Crippen molar-refractivity contribution >= 4 is 0 Å². The molecule has 0 saturated heterocycles. The van der Waals surface area contributed by atoms with Crippen molar-refractivity contribution in [2.75, 3.05) is 13.2 Å². The molecule has 0 amide bonds. The first-order valence-corrected chi connectivity index (χ1v) is 7.03. The van der Waals surface area contributed by atoms with Gasteiger partial charge in [0.2, 0.25) is 0 Å². The van der Waals surface area contributed by atoms with Gasteiger partial charge in [-0.3, -0.25) is 0 Å². The summed E-state index contributed by atoms with van der Waals surface area (Å²) in [6, 6.07) is 0.599. The molecule has 17 heavy (non-hydrogen) atoms. The monoisotopic (exact) mass is 243 g/mol. The van der Waals surface area contributed by atoms with Crippen LogP contribution in [0.1, 0.15) is 59.3 Å². The van der Waals surface area contributed by atoms with Gasteiger partial charge in [0, 0.05) is 12.6 Å². The second kappa shape index (κ2) is 7.34. The summed E-state index contributed by atoms with van der Waals surface area (Å²) in [4.78, 5) is 0. The lowest BCUT2D eigenvalue weighted by Gasteiger charge is -2.23. The molecule has 3 nitrogen and oxygen atoms in total. The van der Waals surface area contributed by atoms with Crippen LogP contribution in [0.25, 0.3) is 0 Å². The first kappa shape index (κ1) is 14.9. The van der Waals surface area contributed by atoms with E-state index in [1.807, 2.05) is 20.8 Å². The summed E-state index contributed by atoms with van der Waals surface area (Å²) in [5.41, 5.74) is -0.163. The number of aliphatic hydroxyl groups excluding tert-OH is 1. The second-order valence-electron chi connectivity index (χ2n) is 6.17. The average Bonchev–Trinajstić information content (AvgIpc) is 2.51. The summed E-state index contributed by atoms with van der Waals surface area (Å²) in [6.07, 6.45) is 7.51. The number of rotatable bonds is 5. The van der Waals surface area contributed by atoms with E-state index in [0.29, 0.717) is 19.2 Å². The highest BCUT2D eigenvalue weighted by atomic mass is 16.5. The zero-order valence-corrected chi connectivity index (χ0v) is 11.7. The molecular weight excluding hydrogens is 214 g/mol. The Morgan fingerprint density at radius 2 is 1.76 bits per heavy atom. The van der Waals surface area contributed by atoms with Crippen LogP contribution in [0.15, 0.2) is 0 Å². The minimum atomic E-state index is -0.391. The quantitative estimate of drug-likeness (QED) is 0.729. The van der Waals surface area contributed by atoms with Gasteiger partial charge in [-0.05, 0) is 33.6 Å². The average molecular weight is 243 g/mol. The third-order valence-corrected chi connectivity index (χ3v) is 3.21. The maximum Gasteiger partial charge on any atom is 0.0898 e. The molecule has 0 aliphatic heterocycles. The molecule has 0 aromatic carbocycles. The molecule has 0 radical (unpaired) electrons. The third-order valence-electron chi connectivity index (χ3n) is 3.21. The highest BCUT2D eigenvalue weighted by Gasteiger charge is 2.16. The maximum absolute atomic E-state index is 9.83. The van der Waals surface area contributed by atoms with E-state index in [1.54, 1.807) is 0 Å².